The number of rotatable bonds is 5. The predicted octanol–water partition coefficient (Wildman–Crippen LogP) is 2.77. The van der Waals surface area contributed by atoms with Crippen molar-refractivity contribution in [3.05, 3.63) is 35.4 Å². The van der Waals surface area contributed by atoms with Gasteiger partial charge in [-0.2, -0.15) is 0 Å². The average molecular weight is 267 g/mol. The van der Waals surface area contributed by atoms with Crippen molar-refractivity contribution in [1.82, 2.24) is 5.32 Å². The molecule has 0 aliphatic rings. The first kappa shape index (κ1) is 19.7. The van der Waals surface area contributed by atoms with Crippen LogP contribution >= 0.6 is 0 Å². The Balaban J connectivity index is 0. The standard InChI is InChI=1S/C11H13NO3.2C2H6/c1-12-10(7-13)6-8-2-4-9(5-3-8)11(14)15;2*1-2/h2-5,7,10,12H,6H2,1H3,(H,14,15);2*1-2H3. The summed E-state index contributed by atoms with van der Waals surface area (Å²) in [5.41, 5.74) is 1.19. The first-order valence-corrected chi connectivity index (χ1v) is 6.62. The SMILES string of the molecule is CC.CC.CNC(C=O)Cc1ccc(C(=O)O)cc1. The van der Waals surface area contributed by atoms with Crippen LogP contribution < -0.4 is 5.32 Å². The summed E-state index contributed by atoms with van der Waals surface area (Å²) in [6.07, 6.45) is 1.41. The number of carboxylic acids is 1. The molecule has 0 heterocycles. The smallest absolute Gasteiger partial charge is 0.335 e. The van der Waals surface area contributed by atoms with Crippen molar-refractivity contribution in [2.24, 2.45) is 0 Å². The number of carboxylic acid groups (broad SMARTS) is 1. The maximum Gasteiger partial charge on any atom is 0.335 e. The Kier molecular flexibility index (Phi) is 13.2. The molecule has 0 bridgehead atoms. The Morgan fingerprint density at radius 2 is 1.68 bits per heavy atom. The van der Waals surface area contributed by atoms with E-state index < -0.39 is 5.97 Å². The predicted molar refractivity (Wildman–Crippen MR) is 78.7 cm³/mol. The highest BCUT2D eigenvalue weighted by atomic mass is 16.4. The second kappa shape index (κ2) is 12.8. The van der Waals surface area contributed by atoms with Crippen molar-refractivity contribution in [2.45, 2.75) is 40.2 Å². The van der Waals surface area contributed by atoms with Crippen LogP contribution in [0.5, 0.6) is 0 Å². The van der Waals surface area contributed by atoms with Gasteiger partial charge in [0.25, 0.3) is 0 Å². The number of aromatic carboxylic acids is 1. The molecule has 19 heavy (non-hydrogen) atoms. The highest BCUT2D eigenvalue weighted by Crippen LogP contribution is 2.06. The van der Waals surface area contributed by atoms with Crippen LogP contribution in [0.1, 0.15) is 43.6 Å². The van der Waals surface area contributed by atoms with Gasteiger partial charge in [-0.15, -0.1) is 0 Å². The van der Waals surface area contributed by atoms with E-state index in [0.717, 1.165) is 11.8 Å². The highest BCUT2D eigenvalue weighted by molar-refractivity contribution is 5.87. The molecule has 108 valence electrons. The van der Waals surface area contributed by atoms with Gasteiger partial charge in [0.2, 0.25) is 0 Å². The van der Waals surface area contributed by atoms with E-state index in [4.69, 9.17) is 5.11 Å². The quantitative estimate of drug-likeness (QED) is 0.805. The van der Waals surface area contributed by atoms with Crippen molar-refractivity contribution in [1.29, 1.82) is 0 Å². The van der Waals surface area contributed by atoms with Crippen molar-refractivity contribution >= 4 is 12.3 Å². The number of hydrogen-bond donors (Lipinski definition) is 2. The Hall–Kier alpha value is -1.68. The second-order valence-electron chi connectivity index (χ2n) is 3.24. The van der Waals surface area contributed by atoms with Crippen molar-refractivity contribution in [2.75, 3.05) is 7.05 Å². The largest absolute Gasteiger partial charge is 0.478 e. The molecular weight excluding hydrogens is 242 g/mol. The summed E-state index contributed by atoms with van der Waals surface area (Å²) in [7, 11) is 1.71. The highest BCUT2D eigenvalue weighted by Gasteiger charge is 2.06. The number of benzene rings is 1. The maximum absolute atomic E-state index is 10.6. The van der Waals surface area contributed by atoms with Crippen LogP contribution in [0.25, 0.3) is 0 Å². The van der Waals surface area contributed by atoms with Gasteiger partial charge in [0.15, 0.2) is 0 Å². The number of aldehydes is 1. The Morgan fingerprint density at radius 1 is 1.21 bits per heavy atom. The van der Waals surface area contributed by atoms with Crippen LogP contribution in [0.15, 0.2) is 24.3 Å². The van der Waals surface area contributed by atoms with E-state index in [1.54, 1.807) is 19.2 Å². The molecule has 1 atom stereocenters. The lowest BCUT2D eigenvalue weighted by molar-refractivity contribution is -0.109. The number of hydrogen-bond acceptors (Lipinski definition) is 3. The molecule has 1 rings (SSSR count). The van der Waals surface area contributed by atoms with Crippen molar-refractivity contribution < 1.29 is 14.7 Å². The fourth-order valence-electron chi connectivity index (χ4n) is 1.26. The number of carbonyl (C=O) groups is 2. The van der Waals surface area contributed by atoms with Gasteiger partial charge >= 0.3 is 5.97 Å². The lowest BCUT2D eigenvalue weighted by Gasteiger charge is -2.08. The van der Waals surface area contributed by atoms with Gasteiger partial charge in [0.1, 0.15) is 6.29 Å². The molecule has 0 saturated carbocycles. The topological polar surface area (TPSA) is 66.4 Å². The second-order valence-corrected chi connectivity index (χ2v) is 3.24. The third kappa shape index (κ3) is 8.11. The summed E-state index contributed by atoms with van der Waals surface area (Å²) >= 11 is 0. The Morgan fingerprint density at radius 3 is 2.00 bits per heavy atom. The van der Waals surface area contributed by atoms with Crippen LogP contribution in [-0.2, 0) is 11.2 Å². The average Bonchev–Trinajstić information content (AvgIpc) is 2.49. The molecule has 4 heteroatoms. The molecular formula is C15H25NO3. The molecule has 0 fully saturated rings. The minimum atomic E-state index is -0.942. The minimum absolute atomic E-state index is 0.222. The summed E-state index contributed by atoms with van der Waals surface area (Å²) in [5, 5.41) is 11.5. The van der Waals surface area contributed by atoms with Gasteiger partial charge in [-0.05, 0) is 31.2 Å². The van der Waals surface area contributed by atoms with Crippen LogP contribution in [0, 0.1) is 0 Å². The summed E-state index contributed by atoms with van der Waals surface area (Å²) in [6, 6.07) is 6.29. The van der Waals surface area contributed by atoms with E-state index in [1.165, 1.54) is 12.1 Å². The normalized spacial score (nSPS) is 10.2. The zero-order valence-electron chi connectivity index (χ0n) is 12.4. The van der Waals surface area contributed by atoms with E-state index in [2.05, 4.69) is 5.32 Å². The molecule has 0 aromatic heterocycles. The van der Waals surface area contributed by atoms with Crippen LogP contribution in [0.4, 0.5) is 0 Å². The van der Waals surface area contributed by atoms with E-state index >= 15 is 0 Å². The molecule has 0 saturated heterocycles. The molecule has 4 nitrogen and oxygen atoms in total. The maximum atomic E-state index is 10.6. The fourth-order valence-corrected chi connectivity index (χ4v) is 1.26. The van der Waals surface area contributed by atoms with Crippen LogP contribution in [0.3, 0.4) is 0 Å². The molecule has 0 aliphatic carbocycles. The zero-order chi connectivity index (χ0) is 15.3. The van der Waals surface area contributed by atoms with Gasteiger partial charge in [-0.25, -0.2) is 4.79 Å². The Labute approximate surface area is 115 Å². The summed E-state index contributed by atoms with van der Waals surface area (Å²) in [6.45, 7) is 8.00. The van der Waals surface area contributed by atoms with Gasteiger partial charge < -0.3 is 15.2 Å². The fraction of sp³-hybridized carbons (Fsp3) is 0.467. The summed E-state index contributed by atoms with van der Waals surface area (Å²) < 4.78 is 0. The van der Waals surface area contributed by atoms with Gasteiger partial charge in [0, 0.05) is 0 Å². The number of likely N-dealkylation sites (N-methyl/N-ethyl adjacent to an activating group) is 1. The first-order chi connectivity index (χ1) is 9.17. The molecule has 1 unspecified atom stereocenters. The number of carbonyl (C=O) groups excluding carboxylic acids is 1. The van der Waals surface area contributed by atoms with E-state index in [0.29, 0.717) is 6.42 Å². The summed E-state index contributed by atoms with van der Waals surface area (Å²) in [4.78, 5) is 21.1. The number of nitrogens with one attached hydrogen (secondary N) is 1. The Bertz CT molecular complexity index is 347. The molecule has 1 aromatic carbocycles. The molecule has 0 aliphatic heterocycles. The molecule has 1 aromatic rings. The molecule has 0 radical (unpaired) electrons. The minimum Gasteiger partial charge on any atom is -0.478 e. The summed E-state index contributed by atoms with van der Waals surface area (Å²) in [5.74, 6) is -0.942. The molecule has 0 spiro atoms. The van der Waals surface area contributed by atoms with Crippen molar-refractivity contribution in [3.8, 4) is 0 Å². The van der Waals surface area contributed by atoms with E-state index in [-0.39, 0.29) is 11.6 Å². The van der Waals surface area contributed by atoms with Crippen LogP contribution in [0.2, 0.25) is 0 Å². The third-order valence-corrected chi connectivity index (χ3v) is 2.19. The third-order valence-electron chi connectivity index (χ3n) is 2.19. The first-order valence-electron chi connectivity index (χ1n) is 6.62. The van der Waals surface area contributed by atoms with Gasteiger partial charge in [-0.3, -0.25) is 0 Å². The van der Waals surface area contributed by atoms with Gasteiger partial charge in [-0.1, -0.05) is 39.8 Å². The monoisotopic (exact) mass is 267 g/mol. The van der Waals surface area contributed by atoms with E-state index in [1.807, 2.05) is 27.7 Å². The van der Waals surface area contributed by atoms with Gasteiger partial charge in [0.05, 0.1) is 11.6 Å². The van der Waals surface area contributed by atoms with Crippen LogP contribution in [-0.4, -0.2) is 30.5 Å². The van der Waals surface area contributed by atoms with Crippen molar-refractivity contribution in [3.63, 3.8) is 0 Å². The lowest BCUT2D eigenvalue weighted by atomic mass is 10.1. The molecule has 2 N–H and O–H groups in total. The lowest BCUT2D eigenvalue weighted by Crippen LogP contribution is -2.28. The molecule has 0 amide bonds. The zero-order valence-corrected chi connectivity index (χ0v) is 12.4. The van der Waals surface area contributed by atoms with E-state index in [9.17, 15) is 9.59 Å².